The molecule has 2 aromatic heterocycles. The molecule has 0 aliphatic heterocycles. The first kappa shape index (κ1) is 24.1. The van der Waals surface area contributed by atoms with E-state index in [1.54, 1.807) is 20.1 Å². The quantitative estimate of drug-likeness (QED) is 0.378. The monoisotopic (exact) mass is 484 g/mol. The van der Waals surface area contributed by atoms with Crippen LogP contribution in [-0.2, 0) is 11.3 Å². The van der Waals surface area contributed by atoms with Gasteiger partial charge in [-0.25, -0.2) is 0 Å². The molecule has 0 bridgehead atoms. The van der Waals surface area contributed by atoms with Crippen molar-refractivity contribution in [2.75, 3.05) is 17.7 Å². The number of nitrogens with zero attached hydrogens (tertiary/aromatic N) is 4. The van der Waals surface area contributed by atoms with Crippen LogP contribution in [0.5, 0.6) is 5.75 Å². The summed E-state index contributed by atoms with van der Waals surface area (Å²) in [4.78, 5) is 12.9. The molecule has 0 saturated heterocycles. The maximum Gasteiger partial charge on any atom is 0.239 e. The lowest BCUT2D eigenvalue weighted by Crippen LogP contribution is -2.26. The molecule has 3 aromatic rings. The highest BCUT2D eigenvalue weighted by Crippen LogP contribution is 2.35. The van der Waals surface area contributed by atoms with Gasteiger partial charge in [-0.05, 0) is 38.3 Å². The molecule has 182 valence electrons. The van der Waals surface area contributed by atoms with Crippen LogP contribution in [0.3, 0.4) is 0 Å². The third-order valence-electron chi connectivity index (χ3n) is 5.99. The van der Waals surface area contributed by atoms with Gasteiger partial charge in [-0.15, -0.1) is 10.2 Å². The van der Waals surface area contributed by atoms with Crippen LogP contribution in [0.4, 0.5) is 11.5 Å². The molecular weight excluding hydrogens is 452 g/mol. The van der Waals surface area contributed by atoms with Crippen LogP contribution in [0.1, 0.15) is 63.1 Å². The zero-order valence-corrected chi connectivity index (χ0v) is 20.7. The maximum atomic E-state index is 12.9. The Bertz CT molecular complexity index is 1090. The van der Waals surface area contributed by atoms with Gasteiger partial charge < -0.3 is 24.5 Å². The van der Waals surface area contributed by atoms with E-state index in [1.807, 2.05) is 31.2 Å². The number of carbonyl (C=O) groups excluding carboxylic acids is 1. The maximum absolute atomic E-state index is 12.9. The van der Waals surface area contributed by atoms with Gasteiger partial charge in [0, 0.05) is 23.9 Å². The number of hydrogen-bond acceptors (Lipinski definition) is 8. The van der Waals surface area contributed by atoms with Crippen molar-refractivity contribution in [2.45, 2.75) is 75.4 Å². The van der Waals surface area contributed by atoms with Crippen LogP contribution in [0, 0.1) is 6.92 Å². The second kappa shape index (κ2) is 11.4. The first-order valence-corrected chi connectivity index (χ1v) is 12.7. The lowest BCUT2D eigenvalue weighted by Gasteiger charge is -2.26. The van der Waals surface area contributed by atoms with Gasteiger partial charge in [0.05, 0.1) is 18.9 Å². The highest BCUT2D eigenvalue weighted by atomic mass is 32.2. The Morgan fingerprint density at radius 2 is 2.09 bits per heavy atom. The molecule has 0 unspecified atom stereocenters. The Hall–Kier alpha value is -3.01. The molecule has 1 amide bonds. The average molecular weight is 485 g/mol. The van der Waals surface area contributed by atoms with Gasteiger partial charge >= 0.3 is 0 Å². The molecule has 1 fully saturated rings. The minimum Gasteiger partial charge on any atom is -0.497 e. The fraction of sp³-hybridized carbons (Fsp3) is 0.500. The summed E-state index contributed by atoms with van der Waals surface area (Å²) in [6.07, 6.45) is 6.49. The van der Waals surface area contributed by atoms with E-state index in [4.69, 9.17) is 9.26 Å². The molecule has 1 saturated carbocycles. The fourth-order valence-electron chi connectivity index (χ4n) is 4.21. The minimum absolute atomic E-state index is 0.116. The summed E-state index contributed by atoms with van der Waals surface area (Å²) < 4.78 is 12.6. The summed E-state index contributed by atoms with van der Waals surface area (Å²) in [6.45, 7) is 4.33. The lowest BCUT2D eigenvalue weighted by molar-refractivity contribution is -0.115. The molecule has 9 nitrogen and oxygen atoms in total. The number of hydrogen-bond donors (Lipinski definition) is 2. The number of nitrogens with one attached hydrogen (secondary N) is 2. The van der Waals surface area contributed by atoms with Gasteiger partial charge in [-0.3, -0.25) is 4.79 Å². The number of rotatable bonds is 10. The van der Waals surface area contributed by atoms with Crippen LogP contribution in [0.25, 0.3) is 0 Å². The number of ether oxygens (including phenoxy) is 1. The largest absolute Gasteiger partial charge is 0.497 e. The van der Waals surface area contributed by atoms with Crippen LogP contribution in [0.15, 0.2) is 40.0 Å². The number of amides is 1. The molecule has 2 heterocycles. The zero-order valence-electron chi connectivity index (χ0n) is 19.9. The highest BCUT2D eigenvalue weighted by molar-refractivity contribution is 8.00. The third-order valence-corrected chi connectivity index (χ3v) is 7.31. The van der Waals surface area contributed by atoms with Crippen LogP contribution in [-0.4, -0.2) is 38.2 Å². The van der Waals surface area contributed by atoms with Gasteiger partial charge in [0.1, 0.15) is 11.5 Å². The molecule has 10 heteroatoms. The molecule has 2 N–H and O–H groups in total. The lowest BCUT2D eigenvalue weighted by atomic mass is 9.95. The molecule has 34 heavy (non-hydrogen) atoms. The van der Waals surface area contributed by atoms with Crippen molar-refractivity contribution in [2.24, 2.45) is 0 Å². The number of carbonyl (C=O) groups is 1. The summed E-state index contributed by atoms with van der Waals surface area (Å²) >= 11 is 1.46. The molecule has 4 rings (SSSR count). The van der Waals surface area contributed by atoms with E-state index in [1.165, 1.54) is 31.0 Å². The number of aryl methyl sites for hydroxylation is 1. The predicted molar refractivity (Wildman–Crippen MR) is 132 cm³/mol. The van der Waals surface area contributed by atoms with Gasteiger partial charge in [-0.2, -0.15) is 0 Å². The topological polar surface area (TPSA) is 107 Å². The smallest absolute Gasteiger partial charge is 0.239 e. The fourth-order valence-corrected chi connectivity index (χ4v) is 5.25. The Morgan fingerprint density at radius 3 is 2.79 bits per heavy atom. The van der Waals surface area contributed by atoms with E-state index in [2.05, 4.69) is 30.6 Å². The highest BCUT2D eigenvalue weighted by Gasteiger charge is 2.27. The van der Waals surface area contributed by atoms with E-state index in [9.17, 15) is 4.79 Å². The third kappa shape index (κ3) is 5.91. The molecule has 1 aliphatic carbocycles. The van der Waals surface area contributed by atoms with Crippen LogP contribution in [0.2, 0.25) is 0 Å². The van der Waals surface area contributed by atoms with Gasteiger partial charge in [0.15, 0.2) is 16.8 Å². The van der Waals surface area contributed by atoms with E-state index in [-0.39, 0.29) is 11.2 Å². The Morgan fingerprint density at radius 1 is 1.26 bits per heavy atom. The molecule has 0 radical (unpaired) electrons. The van der Waals surface area contributed by atoms with Crippen molar-refractivity contribution in [1.82, 2.24) is 19.9 Å². The number of thioether (sulfide) groups is 1. The van der Waals surface area contributed by atoms with Gasteiger partial charge in [-0.1, -0.05) is 49.2 Å². The summed E-state index contributed by atoms with van der Waals surface area (Å²) in [7, 11) is 1.66. The molecule has 0 spiro atoms. The predicted octanol–water partition coefficient (Wildman–Crippen LogP) is 5.21. The first-order valence-electron chi connectivity index (χ1n) is 11.8. The van der Waals surface area contributed by atoms with E-state index in [0.29, 0.717) is 30.6 Å². The summed E-state index contributed by atoms with van der Waals surface area (Å²) in [6, 6.07) is 9.88. The minimum atomic E-state index is -0.317. The number of methoxy groups -OCH3 is 1. The summed E-state index contributed by atoms with van der Waals surface area (Å²) in [5.74, 6) is 2.64. The Balaban J connectivity index is 1.52. The van der Waals surface area contributed by atoms with Crippen molar-refractivity contribution in [3.8, 4) is 5.75 Å². The van der Waals surface area contributed by atoms with Gasteiger partial charge in [0.25, 0.3) is 0 Å². The second-order valence-electron chi connectivity index (χ2n) is 8.47. The standard InChI is InChI=1S/C24H32N6O3S/c1-4-20(23(31)26-21-13-16(2)33-29-21)34-24-28-27-22(30(24)18-10-6-5-7-11-18)15-25-17-9-8-12-19(14-17)32-3/h8-9,12-14,18,20,25H,4-7,10-11,15H2,1-3H3,(H,26,29,31)/t20-/m1/s1. The van der Waals surface area contributed by atoms with Crippen LogP contribution >= 0.6 is 11.8 Å². The second-order valence-corrected chi connectivity index (χ2v) is 9.64. The molecule has 1 aliphatic rings. The van der Waals surface area contributed by atoms with Crippen LogP contribution < -0.4 is 15.4 Å². The van der Waals surface area contributed by atoms with Crippen molar-refractivity contribution in [1.29, 1.82) is 0 Å². The molecular formula is C24H32N6O3S. The number of anilines is 2. The van der Waals surface area contributed by atoms with Crippen molar-refractivity contribution >= 4 is 29.2 Å². The summed E-state index contributed by atoms with van der Waals surface area (Å²) in [5.41, 5.74) is 0.959. The Kier molecular flexibility index (Phi) is 8.10. The van der Waals surface area contributed by atoms with Gasteiger partial charge in [0.2, 0.25) is 5.91 Å². The normalized spacial score (nSPS) is 15.1. The van der Waals surface area contributed by atoms with Crippen molar-refractivity contribution < 1.29 is 14.1 Å². The number of aromatic nitrogens is 4. The van der Waals surface area contributed by atoms with Crippen molar-refractivity contribution in [3.05, 3.63) is 41.9 Å². The first-order chi connectivity index (χ1) is 16.6. The Labute approximate surface area is 204 Å². The van der Waals surface area contributed by atoms with E-state index >= 15 is 0 Å². The van der Waals surface area contributed by atoms with Crippen molar-refractivity contribution in [3.63, 3.8) is 0 Å². The summed E-state index contributed by atoms with van der Waals surface area (Å²) in [5, 5.41) is 19.7. The zero-order chi connectivity index (χ0) is 23.9. The molecule has 1 atom stereocenters. The number of benzene rings is 1. The van der Waals surface area contributed by atoms with E-state index in [0.717, 1.165) is 35.3 Å². The molecule has 1 aromatic carbocycles. The average Bonchev–Trinajstić information content (AvgIpc) is 3.46. The van der Waals surface area contributed by atoms with E-state index < -0.39 is 0 Å². The SMILES string of the molecule is CC[C@@H](Sc1nnc(CNc2cccc(OC)c2)n1C1CCCCC1)C(=O)Nc1cc(C)on1.